The summed E-state index contributed by atoms with van der Waals surface area (Å²) < 4.78 is 15.5. The topological polar surface area (TPSA) is 68.2 Å². The van der Waals surface area contributed by atoms with Gasteiger partial charge in [0, 0.05) is 0 Å². The average molecular weight is 190 g/mol. The van der Waals surface area contributed by atoms with E-state index in [-0.39, 0.29) is 12.2 Å². The van der Waals surface area contributed by atoms with Crippen LogP contribution in [0.2, 0.25) is 0 Å². The van der Waals surface area contributed by atoms with E-state index in [0.29, 0.717) is 26.4 Å². The zero-order valence-electron chi connectivity index (χ0n) is 7.26. The van der Waals surface area contributed by atoms with Crippen LogP contribution in [0.25, 0.3) is 0 Å². The molecule has 76 valence electrons. The molecule has 2 saturated heterocycles. The van der Waals surface area contributed by atoms with E-state index in [9.17, 15) is 10.2 Å². The Balaban J connectivity index is 1.82. The third-order valence-electron chi connectivity index (χ3n) is 2.35. The minimum atomic E-state index is -0.576. The van der Waals surface area contributed by atoms with Gasteiger partial charge in [0.2, 0.25) is 0 Å². The van der Waals surface area contributed by atoms with Crippen molar-refractivity contribution >= 4 is 0 Å². The van der Waals surface area contributed by atoms with Gasteiger partial charge in [0.15, 0.2) is 0 Å². The monoisotopic (exact) mass is 190 g/mol. The zero-order valence-corrected chi connectivity index (χ0v) is 7.26. The summed E-state index contributed by atoms with van der Waals surface area (Å²) in [4.78, 5) is 0. The van der Waals surface area contributed by atoms with Crippen molar-refractivity contribution in [3.05, 3.63) is 0 Å². The fraction of sp³-hybridized carbons (Fsp3) is 1.00. The maximum Gasteiger partial charge on any atom is 0.110 e. The molecule has 0 bridgehead atoms. The molecule has 5 nitrogen and oxygen atoms in total. The van der Waals surface area contributed by atoms with Crippen LogP contribution >= 0.6 is 0 Å². The second kappa shape index (κ2) is 3.89. The molecule has 2 aliphatic rings. The SMILES string of the molecule is O[C@@H]1COC[C@H]1O[C@@H]1COC[C@H]1O. The van der Waals surface area contributed by atoms with Crippen LogP contribution < -0.4 is 0 Å². The van der Waals surface area contributed by atoms with Gasteiger partial charge in [-0.2, -0.15) is 0 Å². The van der Waals surface area contributed by atoms with Gasteiger partial charge in [-0.05, 0) is 0 Å². The summed E-state index contributed by atoms with van der Waals surface area (Å²) in [5.74, 6) is 0. The van der Waals surface area contributed by atoms with Crippen molar-refractivity contribution in [2.75, 3.05) is 26.4 Å². The molecule has 5 heteroatoms. The number of hydrogen-bond donors (Lipinski definition) is 2. The van der Waals surface area contributed by atoms with Crippen molar-refractivity contribution in [1.82, 2.24) is 0 Å². The molecule has 0 aromatic rings. The Morgan fingerprint density at radius 3 is 1.62 bits per heavy atom. The molecule has 0 aromatic heterocycles. The second-order valence-electron chi connectivity index (χ2n) is 3.42. The predicted octanol–water partition coefficient (Wildman–Crippen LogP) is -1.48. The van der Waals surface area contributed by atoms with Gasteiger partial charge in [-0.25, -0.2) is 0 Å². The van der Waals surface area contributed by atoms with Gasteiger partial charge in [-0.3, -0.25) is 0 Å². The first kappa shape index (κ1) is 9.36. The van der Waals surface area contributed by atoms with Crippen LogP contribution in [0.3, 0.4) is 0 Å². The van der Waals surface area contributed by atoms with Crippen molar-refractivity contribution in [3.63, 3.8) is 0 Å². The van der Waals surface area contributed by atoms with Crippen LogP contribution in [0.15, 0.2) is 0 Å². The molecule has 0 spiro atoms. The number of rotatable bonds is 2. The molecule has 13 heavy (non-hydrogen) atoms. The van der Waals surface area contributed by atoms with E-state index < -0.39 is 12.2 Å². The van der Waals surface area contributed by atoms with E-state index in [0.717, 1.165) is 0 Å². The molecule has 2 aliphatic heterocycles. The Hall–Kier alpha value is -0.200. The number of ether oxygens (including phenoxy) is 3. The maximum atomic E-state index is 9.36. The Morgan fingerprint density at radius 1 is 0.846 bits per heavy atom. The summed E-state index contributed by atoms with van der Waals surface area (Å²) in [6, 6.07) is 0. The van der Waals surface area contributed by atoms with Crippen LogP contribution in [-0.4, -0.2) is 61.1 Å². The molecular weight excluding hydrogens is 176 g/mol. The van der Waals surface area contributed by atoms with Crippen molar-refractivity contribution in [2.45, 2.75) is 24.4 Å². The molecule has 0 saturated carbocycles. The molecule has 2 heterocycles. The van der Waals surface area contributed by atoms with Gasteiger partial charge in [0.1, 0.15) is 24.4 Å². The highest BCUT2D eigenvalue weighted by Crippen LogP contribution is 2.17. The van der Waals surface area contributed by atoms with Gasteiger partial charge < -0.3 is 24.4 Å². The lowest BCUT2D eigenvalue weighted by atomic mass is 10.2. The summed E-state index contributed by atoms with van der Waals surface area (Å²) >= 11 is 0. The van der Waals surface area contributed by atoms with Crippen LogP contribution in [-0.2, 0) is 14.2 Å². The Morgan fingerprint density at radius 2 is 1.31 bits per heavy atom. The van der Waals surface area contributed by atoms with E-state index in [1.165, 1.54) is 0 Å². The van der Waals surface area contributed by atoms with E-state index in [1.54, 1.807) is 0 Å². The number of aliphatic hydroxyl groups excluding tert-OH is 2. The number of hydrogen-bond acceptors (Lipinski definition) is 5. The Labute approximate surface area is 76.2 Å². The minimum absolute atomic E-state index is 0.314. The quantitative estimate of drug-likeness (QED) is 0.556. The summed E-state index contributed by atoms with van der Waals surface area (Å²) in [7, 11) is 0. The lowest BCUT2D eigenvalue weighted by molar-refractivity contribution is -0.0849. The maximum absolute atomic E-state index is 9.36. The number of aliphatic hydroxyl groups is 2. The third-order valence-corrected chi connectivity index (χ3v) is 2.35. The Bertz CT molecular complexity index is 156. The molecule has 0 unspecified atom stereocenters. The van der Waals surface area contributed by atoms with Crippen LogP contribution in [0.5, 0.6) is 0 Å². The van der Waals surface area contributed by atoms with Gasteiger partial charge in [-0.15, -0.1) is 0 Å². The molecular formula is C8H14O5. The summed E-state index contributed by atoms with van der Waals surface area (Å²) in [6.07, 6.45) is -1.79. The second-order valence-corrected chi connectivity index (χ2v) is 3.42. The van der Waals surface area contributed by atoms with Crippen molar-refractivity contribution in [2.24, 2.45) is 0 Å². The predicted molar refractivity (Wildman–Crippen MR) is 42.3 cm³/mol. The highest BCUT2D eigenvalue weighted by atomic mass is 16.6. The first-order valence-electron chi connectivity index (χ1n) is 4.44. The van der Waals surface area contributed by atoms with Crippen LogP contribution in [0.4, 0.5) is 0 Å². The van der Waals surface area contributed by atoms with E-state index >= 15 is 0 Å². The molecule has 0 amide bonds. The van der Waals surface area contributed by atoms with E-state index in [4.69, 9.17) is 14.2 Å². The van der Waals surface area contributed by atoms with Gasteiger partial charge in [0.25, 0.3) is 0 Å². The largest absolute Gasteiger partial charge is 0.388 e. The molecule has 2 fully saturated rings. The van der Waals surface area contributed by atoms with Gasteiger partial charge in [0.05, 0.1) is 26.4 Å². The smallest absolute Gasteiger partial charge is 0.110 e. The highest BCUT2D eigenvalue weighted by molar-refractivity contribution is 4.81. The van der Waals surface area contributed by atoms with Gasteiger partial charge in [-0.1, -0.05) is 0 Å². The average Bonchev–Trinajstić information content (AvgIpc) is 2.65. The van der Waals surface area contributed by atoms with Crippen molar-refractivity contribution in [1.29, 1.82) is 0 Å². The van der Waals surface area contributed by atoms with Gasteiger partial charge >= 0.3 is 0 Å². The van der Waals surface area contributed by atoms with E-state index in [2.05, 4.69) is 0 Å². The fourth-order valence-electron chi connectivity index (χ4n) is 1.53. The molecule has 0 aliphatic carbocycles. The first-order valence-corrected chi connectivity index (χ1v) is 4.44. The minimum Gasteiger partial charge on any atom is -0.388 e. The van der Waals surface area contributed by atoms with E-state index in [1.807, 2.05) is 0 Å². The van der Waals surface area contributed by atoms with Crippen LogP contribution in [0.1, 0.15) is 0 Å². The zero-order chi connectivity index (χ0) is 9.26. The summed E-state index contributed by atoms with van der Waals surface area (Å²) in [6.45, 7) is 1.41. The summed E-state index contributed by atoms with van der Waals surface area (Å²) in [5.41, 5.74) is 0. The molecule has 2 rings (SSSR count). The lowest BCUT2D eigenvalue weighted by Gasteiger charge is -2.20. The molecule has 0 aromatic carbocycles. The first-order chi connectivity index (χ1) is 6.27. The highest BCUT2D eigenvalue weighted by Gasteiger charge is 2.34. The fourth-order valence-corrected chi connectivity index (χ4v) is 1.53. The van der Waals surface area contributed by atoms with Crippen LogP contribution in [0, 0.1) is 0 Å². The molecule has 0 radical (unpaired) electrons. The standard InChI is InChI=1S/C8H14O5/c9-5-1-11-3-7(5)13-8-4-12-2-6(8)10/h5-10H,1-4H2/t5-,6-,7-,8-/m1/s1. The lowest BCUT2D eigenvalue weighted by Crippen LogP contribution is -2.36. The van der Waals surface area contributed by atoms with Crippen molar-refractivity contribution in [3.8, 4) is 0 Å². The molecule has 2 N–H and O–H groups in total. The summed E-state index contributed by atoms with van der Waals surface area (Å²) in [5, 5.41) is 18.7. The third kappa shape index (κ3) is 2.00. The van der Waals surface area contributed by atoms with Crippen molar-refractivity contribution < 1.29 is 24.4 Å². The molecule has 4 atom stereocenters. The Kier molecular flexibility index (Phi) is 2.80. The normalized spacial score (nSPS) is 45.7.